The average molecular weight is 265 g/mol. The van der Waals surface area contributed by atoms with Crippen LogP contribution < -0.4 is 10.6 Å². The van der Waals surface area contributed by atoms with Gasteiger partial charge in [-0.3, -0.25) is 0 Å². The molecule has 98 valence electrons. The van der Waals surface area contributed by atoms with E-state index in [4.69, 9.17) is 22.7 Å². The number of morpholine rings is 1. The minimum absolute atomic E-state index is 0.162. The van der Waals surface area contributed by atoms with Crippen LogP contribution in [0.25, 0.3) is 0 Å². The zero-order valence-corrected chi connectivity index (χ0v) is 11.8. The summed E-state index contributed by atoms with van der Waals surface area (Å²) in [7, 11) is 0. The lowest BCUT2D eigenvalue weighted by Crippen LogP contribution is -2.52. The van der Waals surface area contributed by atoms with Crippen LogP contribution in [-0.4, -0.2) is 34.8 Å². The van der Waals surface area contributed by atoms with Gasteiger partial charge in [0.15, 0.2) is 0 Å². The fraction of sp³-hybridized carbons (Fsp3) is 0.538. The maximum Gasteiger partial charge on any atom is 0.138 e. The molecular formula is C13H19N3OS. The Hall–Kier alpha value is -1.20. The number of aromatic nitrogens is 1. The van der Waals surface area contributed by atoms with E-state index in [9.17, 15) is 0 Å². The first kappa shape index (κ1) is 13.2. The molecule has 1 aliphatic heterocycles. The average Bonchev–Trinajstić information content (AvgIpc) is 2.26. The summed E-state index contributed by atoms with van der Waals surface area (Å²) in [5.41, 5.74) is 6.40. The Morgan fingerprint density at radius 2 is 2.33 bits per heavy atom. The Morgan fingerprint density at radius 1 is 1.61 bits per heavy atom. The van der Waals surface area contributed by atoms with Crippen molar-refractivity contribution in [1.82, 2.24) is 4.98 Å². The Bertz CT molecular complexity index is 461. The molecule has 0 amide bonds. The van der Waals surface area contributed by atoms with Crippen molar-refractivity contribution in [2.75, 3.05) is 18.0 Å². The molecule has 1 atom stereocenters. The lowest BCUT2D eigenvalue weighted by Gasteiger charge is -2.42. The van der Waals surface area contributed by atoms with Crippen LogP contribution >= 0.6 is 12.2 Å². The first-order chi connectivity index (χ1) is 8.39. The van der Waals surface area contributed by atoms with Crippen molar-refractivity contribution >= 4 is 23.0 Å². The number of rotatable bonds is 2. The highest BCUT2D eigenvalue weighted by Crippen LogP contribution is 2.26. The summed E-state index contributed by atoms with van der Waals surface area (Å²) in [6.45, 7) is 7.81. The number of ether oxygens (including phenoxy) is 1. The molecule has 0 aliphatic carbocycles. The van der Waals surface area contributed by atoms with Crippen LogP contribution in [0.1, 0.15) is 26.3 Å². The molecule has 1 aliphatic rings. The fourth-order valence-corrected chi connectivity index (χ4v) is 2.62. The van der Waals surface area contributed by atoms with Crippen molar-refractivity contribution in [3.8, 4) is 0 Å². The van der Waals surface area contributed by atoms with Gasteiger partial charge < -0.3 is 15.4 Å². The van der Waals surface area contributed by atoms with Crippen LogP contribution in [0.4, 0.5) is 5.82 Å². The van der Waals surface area contributed by atoms with Gasteiger partial charge in [0.25, 0.3) is 0 Å². The second kappa shape index (κ2) is 4.82. The standard InChI is InChI=1S/C13H19N3OS/c1-9-7-16(8-13(2,3)17-9)12-10(11(14)18)5-4-6-15-12/h4-6,9H,7-8H2,1-3H3,(H2,14,18). The van der Waals surface area contributed by atoms with Crippen molar-refractivity contribution in [3.63, 3.8) is 0 Å². The molecule has 1 saturated heterocycles. The number of pyridine rings is 1. The topological polar surface area (TPSA) is 51.4 Å². The molecule has 2 rings (SSSR count). The molecule has 1 aromatic rings. The van der Waals surface area contributed by atoms with E-state index in [-0.39, 0.29) is 11.7 Å². The lowest BCUT2D eigenvalue weighted by atomic mass is 10.0. The van der Waals surface area contributed by atoms with E-state index in [2.05, 4.69) is 30.7 Å². The first-order valence-electron chi connectivity index (χ1n) is 6.06. The lowest BCUT2D eigenvalue weighted by molar-refractivity contribution is -0.0751. The molecular weight excluding hydrogens is 246 g/mol. The molecule has 4 nitrogen and oxygen atoms in total. The summed E-state index contributed by atoms with van der Waals surface area (Å²) >= 11 is 5.09. The molecule has 0 aromatic carbocycles. The van der Waals surface area contributed by atoms with E-state index in [0.29, 0.717) is 4.99 Å². The third-order valence-electron chi connectivity index (χ3n) is 2.92. The Labute approximate surface area is 113 Å². The predicted octanol–water partition coefficient (Wildman–Crippen LogP) is 1.72. The van der Waals surface area contributed by atoms with Crippen LogP contribution in [0, 0.1) is 0 Å². The fourth-order valence-electron chi connectivity index (χ4n) is 2.46. The summed E-state index contributed by atoms with van der Waals surface area (Å²) in [6, 6.07) is 3.77. The quantitative estimate of drug-likeness (QED) is 0.825. The van der Waals surface area contributed by atoms with Crippen molar-refractivity contribution in [2.24, 2.45) is 5.73 Å². The largest absolute Gasteiger partial charge is 0.389 e. The third kappa shape index (κ3) is 2.79. The normalized spacial score (nSPS) is 22.8. The second-order valence-electron chi connectivity index (χ2n) is 5.31. The van der Waals surface area contributed by atoms with Crippen molar-refractivity contribution in [1.29, 1.82) is 0 Å². The zero-order chi connectivity index (χ0) is 13.3. The van der Waals surface area contributed by atoms with Gasteiger partial charge in [0.2, 0.25) is 0 Å². The Balaban J connectivity index is 2.34. The molecule has 1 unspecified atom stereocenters. The highest BCUT2D eigenvalue weighted by atomic mass is 32.1. The second-order valence-corrected chi connectivity index (χ2v) is 5.75. The smallest absolute Gasteiger partial charge is 0.138 e. The molecule has 2 heterocycles. The molecule has 2 N–H and O–H groups in total. The van der Waals surface area contributed by atoms with E-state index >= 15 is 0 Å². The van der Waals surface area contributed by atoms with Crippen LogP contribution in [0.5, 0.6) is 0 Å². The molecule has 1 aromatic heterocycles. The molecule has 1 fully saturated rings. The molecule has 0 spiro atoms. The summed E-state index contributed by atoms with van der Waals surface area (Å²) in [6.07, 6.45) is 1.93. The summed E-state index contributed by atoms with van der Waals surface area (Å²) in [4.78, 5) is 7.01. The maximum absolute atomic E-state index is 5.89. The third-order valence-corrected chi connectivity index (χ3v) is 3.14. The SMILES string of the molecule is CC1CN(c2ncccc2C(N)=S)CC(C)(C)O1. The van der Waals surface area contributed by atoms with Crippen molar-refractivity contribution in [3.05, 3.63) is 23.9 Å². The molecule has 0 saturated carbocycles. The number of thiocarbonyl (C=S) groups is 1. The van der Waals surface area contributed by atoms with Crippen LogP contribution in [-0.2, 0) is 4.74 Å². The summed E-state index contributed by atoms with van der Waals surface area (Å²) < 4.78 is 5.89. The van der Waals surface area contributed by atoms with Crippen LogP contribution in [0.2, 0.25) is 0 Å². The van der Waals surface area contributed by atoms with Gasteiger partial charge in [-0.25, -0.2) is 4.98 Å². The number of hydrogen-bond acceptors (Lipinski definition) is 4. The van der Waals surface area contributed by atoms with E-state index in [1.807, 2.05) is 12.1 Å². The number of hydrogen-bond donors (Lipinski definition) is 1. The van der Waals surface area contributed by atoms with E-state index < -0.39 is 0 Å². The van der Waals surface area contributed by atoms with Gasteiger partial charge in [-0.2, -0.15) is 0 Å². The van der Waals surface area contributed by atoms with Crippen molar-refractivity contribution < 1.29 is 4.74 Å². The summed E-state index contributed by atoms with van der Waals surface area (Å²) in [5, 5.41) is 0. The van der Waals surface area contributed by atoms with Gasteiger partial charge in [-0.05, 0) is 32.9 Å². The van der Waals surface area contributed by atoms with Gasteiger partial charge in [0, 0.05) is 19.3 Å². The molecule has 0 bridgehead atoms. The minimum atomic E-state index is -0.192. The van der Waals surface area contributed by atoms with E-state index in [1.165, 1.54) is 0 Å². The molecule has 5 heteroatoms. The Kier molecular flexibility index (Phi) is 3.54. The first-order valence-corrected chi connectivity index (χ1v) is 6.47. The van der Waals surface area contributed by atoms with Gasteiger partial charge in [-0.15, -0.1) is 0 Å². The highest BCUT2D eigenvalue weighted by Gasteiger charge is 2.32. The van der Waals surface area contributed by atoms with Crippen LogP contribution in [0.3, 0.4) is 0 Å². The Morgan fingerprint density at radius 3 is 2.94 bits per heavy atom. The predicted molar refractivity (Wildman–Crippen MR) is 77.0 cm³/mol. The van der Waals surface area contributed by atoms with Gasteiger partial charge in [0.05, 0.1) is 17.3 Å². The monoisotopic (exact) mass is 265 g/mol. The minimum Gasteiger partial charge on any atom is -0.389 e. The molecule has 18 heavy (non-hydrogen) atoms. The van der Waals surface area contributed by atoms with Gasteiger partial charge >= 0.3 is 0 Å². The number of nitrogens with zero attached hydrogens (tertiary/aromatic N) is 2. The number of nitrogens with two attached hydrogens (primary N) is 1. The summed E-state index contributed by atoms with van der Waals surface area (Å²) in [5.74, 6) is 0.855. The van der Waals surface area contributed by atoms with E-state index in [0.717, 1.165) is 24.5 Å². The maximum atomic E-state index is 5.89. The highest BCUT2D eigenvalue weighted by molar-refractivity contribution is 7.80. The zero-order valence-electron chi connectivity index (χ0n) is 11.0. The van der Waals surface area contributed by atoms with Gasteiger partial charge in [0.1, 0.15) is 10.8 Å². The van der Waals surface area contributed by atoms with Gasteiger partial charge in [-0.1, -0.05) is 12.2 Å². The van der Waals surface area contributed by atoms with Crippen LogP contribution in [0.15, 0.2) is 18.3 Å². The van der Waals surface area contributed by atoms with E-state index in [1.54, 1.807) is 6.20 Å². The molecule has 0 radical (unpaired) electrons. The number of anilines is 1. The van der Waals surface area contributed by atoms with Crippen molar-refractivity contribution in [2.45, 2.75) is 32.5 Å².